The van der Waals surface area contributed by atoms with Gasteiger partial charge in [-0.05, 0) is 47.1 Å². The first kappa shape index (κ1) is 22.5. The number of hydrogen-bond acceptors (Lipinski definition) is 2. The van der Waals surface area contributed by atoms with Gasteiger partial charge >= 0.3 is 12.1 Å². The molecule has 0 saturated heterocycles. The number of aliphatic carboxylic acids is 1. The molecule has 30 heavy (non-hydrogen) atoms. The number of carboxylic acids is 1. The second kappa shape index (κ2) is 8.88. The zero-order chi connectivity index (χ0) is 22.1. The first-order valence-corrected chi connectivity index (χ1v) is 10.3. The second-order valence-corrected chi connectivity index (χ2v) is 8.54. The number of carbonyl (C=O) groups is 1. The van der Waals surface area contributed by atoms with E-state index in [0.29, 0.717) is 34.9 Å². The van der Waals surface area contributed by atoms with Crippen molar-refractivity contribution >= 4 is 17.6 Å². The molecule has 1 aliphatic carbocycles. The highest BCUT2D eigenvalue weighted by Crippen LogP contribution is 2.44. The molecule has 1 fully saturated rings. The molecule has 1 aliphatic rings. The molecule has 3 rings (SSSR count). The standard InChI is InChI=1S/C23H24ClF3O3/c1-13(2)15-5-7-16(8-6-15)18-10-17(19(22(28)29)9-14-3-4-14)11-20(24)21(18)30-12-23(25,26)27/h5-8,10-11,13-14,19H,3-4,9,12H2,1-2H3,(H,28,29). The molecular formula is C23H24ClF3O3. The molecule has 2 aromatic carbocycles. The summed E-state index contributed by atoms with van der Waals surface area (Å²) in [5.41, 5.74) is 2.53. The molecule has 3 nitrogen and oxygen atoms in total. The number of carboxylic acid groups (broad SMARTS) is 1. The Morgan fingerprint density at radius 2 is 1.80 bits per heavy atom. The van der Waals surface area contributed by atoms with E-state index in [4.69, 9.17) is 16.3 Å². The van der Waals surface area contributed by atoms with Crippen molar-refractivity contribution in [2.45, 2.75) is 51.1 Å². The Kier molecular flexibility index (Phi) is 6.65. The minimum absolute atomic E-state index is 0.0262. The van der Waals surface area contributed by atoms with E-state index in [9.17, 15) is 23.1 Å². The van der Waals surface area contributed by atoms with Crippen molar-refractivity contribution in [1.29, 1.82) is 0 Å². The number of rotatable bonds is 8. The molecule has 1 N–H and O–H groups in total. The third-order valence-electron chi connectivity index (χ3n) is 5.30. The highest BCUT2D eigenvalue weighted by atomic mass is 35.5. The van der Waals surface area contributed by atoms with Gasteiger partial charge in [0.1, 0.15) is 5.75 Å². The van der Waals surface area contributed by atoms with Crippen LogP contribution in [0, 0.1) is 5.92 Å². The first-order chi connectivity index (χ1) is 14.0. The fraction of sp³-hybridized carbons (Fsp3) is 0.435. The highest BCUT2D eigenvalue weighted by molar-refractivity contribution is 6.32. The van der Waals surface area contributed by atoms with E-state index in [2.05, 4.69) is 0 Å². The van der Waals surface area contributed by atoms with Gasteiger partial charge in [-0.25, -0.2) is 0 Å². The van der Waals surface area contributed by atoms with E-state index in [1.165, 1.54) is 6.07 Å². The zero-order valence-corrected chi connectivity index (χ0v) is 17.6. The fourth-order valence-electron chi connectivity index (χ4n) is 3.44. The average Bonchev–Trinajstić information content (AvgIpc) is 3.48. The molecule has 0 aliphatic heterocycles. The Labute approximate surface area is 178 Å². The van der Waals surface area contributed by atoms with Crippen molar-refractivity contribution in [3.63, 3.8) is 0 Å². The van der Waals surface area contributed by atoms with Crippen molar-refractivity contribution in [1.82, 2.24) is 0 Å². The number of halogens is 4. The predicted molar refractivity (Wildman–Crippen MR) is 110 cm³/mol. The monoisotopic (exact) mass is 440 g/mol. The number of benzene rings is 2. The van der Waals surface area contributed by atoms with E-state index < -0.39 is 24.7 Å². The van der Waals surface area contributed by atoms with Crippen LogP contribution in [0.1, 0.15) is 56.1 Å². The molecule has 7 heteroatoms. The van der Waals surface area contributed by atoms with E-state index >= 15 is 0 Å². The molecule has 1 saturated carbocycles. The van der Waals surface area contributed by atoms with Gasteiger partial charge in [-0.15, -0.1) is 0 Å². The Morgan fingerprint density at radius 1 is 1.17 bits per heavy atom. The van der Waals surface area contributed by atoms with Gasteiger partial charge in [-0.3, -0.25) is 4.79 Å². The van der Waals surface area contributed by atoms with Crippen LogP contribution in [0.3, 0.4) is 0 Å². The van der Waals surface area contributed by atoms with Crippen LogP contribution in [0.15, 0.2) is 36.4 Å². The summed E-state index contributed by atoms with van der Waals surface area (Å²) in [5, 5.41) is 9.68. The molecule has 1 unspecified atom stereocenters. The van der Waals surface area contributed by atoms with Gasteiger partial charge in [0.15, 0.2) is 6.61 Å². The molecule has 0 amide bonds. The average molecular weight is 441 g/mol. The summed E-state index contributed by atoms with van der Waals surface area (Å²) in [6.45, 7) is 2.60. The molecule has 0 aromatic heterocycles. The van der Waals surface area contributed by atoms with Gasteiger partial charge < -0.3 is 9.84 Å². The lowest BCUT2D eigenvalue weighted by Crippen LogP contribution is -2.20. The summed E-state index contributed by atoms with van der Waals surface area (Å²) in [5.74, 6) is -1.17. The molecule has 0 spiro atoms. The van der Waals surface area contributed by atoms with Crippen molar-refractivity contribution in [3.8, 4) is 16.9 Å². The van der Waals surface area contributed by atoms with Crippen LogP contribution in [0.25, 0.3) is 11.1 Å². The largest absolute Gasteiger partial charge is 0.482 e. The smallest absolute Gasteiger partial charge is 0.422 e. The van der Waals surface area contributed by atoms with Crippen LogP contribution in [-0.2, 0) is 4.79 Å². The van der Waals surface area contributed by atoms with E-state index in [0.717, 1.165) is 18.4 Å². The number of alkyl halides is 3. The van der Waals surface area contributed by atoms with Gasteiger partial charge in [0.2, 0.25) is 0 Å². The van der Waals surface area contributed by atoms with Crippen LogP contribution in [-0.4, -0.2) is 23.9 Å². The van der Waals surface area contributed by atoms with Crippen molar-refractivity contribution < 1.29 is 27.8 Å². The maximum atomic E-state index is 12.8. The zero-order valence-electron chi connectivity index (χ0n) is 16.8. The van der Waals surface area contributed by atoms with E-state index in [1.807, 2.05) is 26.0 Å². The Bertz CT molecular complexity index is 903. The third-order valence-corrected chi connectivity index (χ3v) is 5.58. The minimum Gasteiger partial charge on any atom is -0.482 e. The summed E-state index contributed by atoms with van der Waals surface area (Å²) in [6, 6.07) is 10.4. The van der Waals surface area contributed by atoms with Crippen LogP contribution in [0.2, 0.25) is 5.02 Å². The summed E-state index contributed by atoms with van der Waals surface area (Å²) < 4.78 is 43.3. The highest BCUT2D eigenvalue weighted by Gasteiger charge is 2.33. The van der Waals surface area contributed by atoms with E-state index in [-0.39, 0.29) is 10.8 Å². The van der Waals surface area contributed by atoms with Crippen LogP contribution < -0.4 is 4.74 Å². The molecule has 162 valence electrons. The normalized spacial score (nSPS) is 15.3. The molecule has 1 atom stereocenters. The number of ether oxygens (including phenoxy) is 1. The maximum absolute atomic E-state index is 12.8. The lowest BCUT2D eigenvalue weighted by atomic mass is 9.90. The van der Waals surface area contributed by atoms with Crippen LogP contribution >= 0.6 is 11.6 Å². The Hall–Kier alpha value is -2.21. The van der Waals surface area contributed by atoms with Gasteiger partial charge in [0, 0.05) is 5.56 Å². The summed E-state index contributed by atoms with van der Waals surface area (Å²) in [4.78, 5) is 11.9. The Balaban J connectivity index is 2.06. The summed E-state index contributed by atoms with van der Waals surface area (Å²) in [7, 11) is 0. The van der Waals surface area contributed by atoms with Crippen molar-refractivity contribution in [3.05, 3.63) is 52.5 Å². The van der Waals surface area contributed by atoms with Gasteiger partial charge in [0.05, 0.1) is 10.9 Å². The van der Waals surface area contributed by atoms with E-state index in [1.54, 1.807) is 18.2 Å². The van der Waals surface area contributed by atoms with Gasteiger partial charge in [-0.1, -0.05) is 62.6 Å². The summed E-state index contributed by atoms with van der Waals surface area (Å²) >= 11 is 6.31. The lowest BCUT2D eigenvalue weighted by Gasteiger charge is -2.19. The second-order valence-electron chi connectivity index (χ2n) is 8.13. The Morgan fingerprint density at radius 3 is 2.30 bits per heavy atom. The maximum Gasteiger partial charge on any atom is 0.422 e. The molecule has 0 bridgehead atoms. The van der Waals surface area contributed by atoms with Gasteiger partial charge in [0.25, 0.3) is 0 Å². The minimum atomic E-state index is -4.52. The molecule has 0 radical (unpaired) electrons. The SMILES string of the molecule is CC(C)c1ccc(-c2cc(C(CC3CC3)C(=O)O)cc(Cl)c2OCC(F)(F)F)cc1. The van der Waals surface area contributed by atoms with Crippen LogP contribution in [0.4, 0.5) is 13.2 Å². The summed E-state index contributed by atoms with van der Waals surface area (Å²) in [6.07, 6.45) is -2.04. The van der Waals surface area contributed by atoms with Gasteiger partial charge in [-0.2, -0.15) is 13.2 Å². The lowest BCUT2D eigenvalue weighted by molar-refractivity contribution is -0.153. The third kappa shape index (κ3) is 5.69. The molecular weight excluding hydrogens is 417 g/mol. The van der Waals surface area contributed by atoms with Crippen molar-refractivity contribution in [2.24, 2.45) is 5.92 Å². The first-order valence-electron chi connectivity index (χ1n) is 9.91. The number of hydrogen-bond donors (Lipinski definition) is 1. The van der Waals surface area contributed by atoms with Crippen molar-refractivity contribution in [2.75, 3.05) is 6.61 Å². The quantitative estimate of drug-likeness (QED) is 0.478. The fourth-order valence-corrected chi connectivity index (χ4v) is 3.73. The molecule has 0 heterocycles. The molecule has 2 aromatic rings. The predicted octanol–water partition coefficient (Wildman–Crippen LogP) is 7.04. The van der Waals surface area contributed by atoms with Crippen LogP contribution in [0.5, 0.6) is 5.75 Å². The topological polar surface area (TPSA) is 46.5 Å².